The fourth-order valence-electron chi connectivity index (χ4n) is 2.90. The molecule has 128 valence electrons. The first-order valence-corrected chi connectivity index (χ1v) is 7.87. The number of aliphatic hydroxyl groups is 2. The second-order valence-electron chi connectivity index (χ2n) is 6.69. The zero-order valence-electron chi connectivity index (χ0n) is 13.9. The van der Waals surface area contributed by atoms with E-state index < -0.39 is 10.8 Å². The zero-order valence-corrected chi connectivity index (χ0v) is 13.9. The minimum Gasteiger partial charge on any atom is -0.466 e. The summed E-state index contributed by atoms with van der Waals surface area (Å²) in [7, 11) is 0. The van der Waals surface area contributed by atoms with Crippen molar-refractivity contribution in [1.82, 2.24) is 0 Å². The third kappa shape index (κ3) is 4.43. The van der Waals surface area contributed by atoms with Crippen LogP contribution >= 0.6 is 0 Å². The minimum atomic E-state index is -0.407. The van der Waals surface area contributed by atoms with Crippen molar-refractivity contribution in [2.75, 3.05) is 13.2 Å². The highest BCUT2D eigenvalue weighted by Crippen LogP contribution is 2.42. The molecule has 0 saturated heterocycles. The molecule has 2 fully saturated rings. The fourth-order valence-corrected chi connectivity index (χ4v) is 2.90. The maximum atomic E-state index is 11.2. The van der Waals surface area contributed by atoms with Gasteiger partial charge in [0.05, 0.1) is 36.3 Å². The highest BCUT2D eigenvalue weighted by atomic mass is 16.5. The first kappa shape index (κ1) is 18.9. The SMILES string of the molecule is CCOC(=O)C1(C)CC(O)C1.CCOC(=O)C1(C)CC(O)C1. The second kappa shape index (κ2) is 7.42. The number of rotatable bonds is 4. The largest absolute Gasteiger partial charge is 0.466 e. The maximum Gasteiger partial charge on any atom is 0.311 e. The Kier molecular flexibility index (Phi) is 6.38. The molecule has 22 heavy (non-hydrogen) atoms. The number of carbonyl (C=O) groups excluding carboxylic acids is 2. The molecular weight excluding hydrogens is 288 g/mol. The van der Waals surface area contributed by atoms with Crippen LogP contribution in [0.2, 0.25) is 0 Å². The van der Waals surface area contributed by atoms with E-state index in [1.165, 1.54) is 0 Å². The molecule has 0 spiro atoms. The van der Waals surface area contributed by atoms with E-state index in [1.807, 2.05) is 13.8 Å². The summed E-state index contributed by atoms with van der Waals surface area (Å²) < 4.78 is 9.69. The van der Waals surface area contributed by atoms with E-state index in [9.17, 15) is 9.59 Å². The Bertz CT molecular complexity index is 355. The molecule has 6 nitrogen and oxygen atoms in total. The third-order valence-corrected chi connectivity index (χ3v) is 4.28. The molecule has 0 aromatic heterocycles. The van der Waals surface area contributed by atoms with Gasteiger partial charge in [0, 0.05) is 0 Å². The summed E-state index contributed by atoms with van der Waals surface area (Å²) in [6, 6.07) is 0. The van der Waals surface area contributed by atoms with E-state index in [2.05, 4.69) is 0 Å². The lowest BCUT2D eigenvalue weighted by atomic mass is 9.68. The molecule has 2 saturated carbocycles. The quantitative estimate of drug-likeness (QED) is 0.762. The Hall–Kier alpha value is -1.14. The van der Waals surface area contributed by atoms with Crippen LogP contribution in [-0.4, -0.2) is 47.6 Å². The van der Waals surface area contributed by atoms with Crippen molar-refractivity contribution in [2.24, 2.45) is 10.8 Å². The first-order valence-electron chi connectivity index (χ1n) is 7.87. The van der Waals surface area contributed by atoms with Gasteiger partial charge in [-0.1, -0.05) is 0 Å². The predicted octanol–water partition coefficient (Wildman–Crippen LogP) is 1.42. The number of hydrogen-bond acceptors (Lipinski definition) is 6. The molecule has 0 atom stereocenters. The highest BCUT2D eigenvalue weighted by Gasteiger charge is 2.47. The summed E-state index contributed by atoms with van der Waals surface area (Å²) >= 11 is 0. The average molecular weight is 316 g/mol. The second-order valence-corrected chi connectivity index (χ2v) is 6.69. The Morgan fingerprint density at radius 1 is 0.864 bits per heavy atom. The van der Waals surface area contributed by atoms with Crippen molar-refractivity contribution < 1.29 is 29.3 Å². The first-order chi connectivity index (χ1) is 10.2. The topological polar surface area (TPSA) is 93.1 Å². The van der Waals surface area contributed by atoms with Crippen LogP contribution in [0.5, 0.6) is 0 Å². The van der Waals surface area contributed by atoms with Gasteiger partial charge in [-0.2, -0.15) is 0 Å². The van der Waals surface area contributed by atoms with Crippen molar-refractivity contribution in [1.29, 1.82) is 0 Å². The Morgan fingerprint density at radius 3 is 1.32 bits per heavy atom. The van der Waals surface area contributed by atoms with Crippen molar-refractivity contribution in [3.05, 3.63) is 0 Å². The maximum absolute atomic E-state index is 11.2. The molecular formula is C16H28O6. The van der Waals surface area contributed by atoms with Gasteiger partial charge in [0.15, 0.2) is 0 Å². The molecule has 0 radical (unpaired) electrons. The molecule has 0 aromatic carbocycles. The number of ether oxygens (including phenoxy) is 2. The van der Waals surface area contributed by atoms with Gasteiger partial charge >= 0.3 is 11.9 Å². The van der Waals surface area contributed by atoms with Crippen LogP contribution in [0.3, 0.4) is 0 Å². The van der Waals surface area contributed by atoms with Crippen LogP contribution in [0.4, 0.5) is 0 Å². The van der Waals surface area contributed by atoms with E-state index in [4.69, 9.17) is 19.7 Å². The Morgan fingerprint density at radius 2 is 1.14 bits per heavy atom. The summed E-state index contributed by atoms with van der Waals surface area (Å²) in [5.74, 6) is -0.351. The lowest BCUT2D eigenvalue weighted by Crippen LogP contribution is -2.45. The number of carbonyl (C=O) groups is 2. The lowest BCUT2D eigenvalue weighted by Gasteiger charge is -2.39. The number of esters is 2. The Labute approximate surface area is 131 Å². The van der Waals surface area contributed by atoms with Crippen LogP contribution in [0, 0.1) is 10.8 Å². The molecule has 0 bridgehead atoms. The van der Waals surface area contributed by atoms with E-state index in [0.717, 1.165) is 0 Å². The van der Waals surface area contributed by atoms with Crippen molar-refractivity contribution in [3.63, 3.8) is 0 Å². The zero-order chi connectivity index (χ0) is 17.0. The van der Waals surface area contributed by atoms with Gasteiger partial charge in [0.2, 0.25) is 0 Å². The number of aliphatic hydroxyl groups excluding tert-OH is 2. The van der Waals surface area contributed by atoms with Crippen molar-refractivity contribution in [2.45, 2.75) is 65.6 Å². The van der Waals surface area contributed by atoms with E-state index in [-0.39, 0.29) is 24.1 Å². The van der Waals surface area contributed by atoms with Crippen LogP contribution < -0.4 is 0 Å². The molecule has 2 aliphatic carbocycles. The van der Waals surface area contributed by atoms with Gasteiger partial charge in [-0.15, -0.1) is 0 Å². The molecule has 0 aromatic rings. The summed E-state index contributed by atoms with van der Waals surface area (Å²) in [4.78, 5) is 22.3. The summed E-state index contributed by atoms with van der Waals surface area (Å²) in [6.45, 7) is 8.08. The molecule has 0 heterocycles. The number of hydrogen-bond donors (Lipinski definition) is 2. The highest BCUT2D eigenvalue weighted by molar-refractivity contribution is 5.78. The molecule has 0 amide bonds. The average Bonchev–Trinajstić information content (AvgIpc) is 2.36. The van der Waals surface area contributed by atoms with Crippen LogP contribution in [0.25, 0.3) is 0 Å². The molecule has 2 N–H and O–H groups in total. The molecule has 6 heteroatoms. The van der Waals surface area contributed by atoms with Crippen LogP contribution in [-0.2, 0) is 19.1 Å². The molecule has 0 aliphatic heterocycles. The van der Waals surface area contributed by atoms with Crippen LogP contribution in [0.1, 0.15) is 53.4 Å². The monoisotopic (exact) mass is 316 g/mol. The predicted molar refractivity (Wildman–Crippen MR) is 80.0 cm³/mol. The normalized spacial score (nSPS) is 36.1. The smallest absolute Gasteiger partial charge is 0.311 e. The molecule has 2 rings (SSSR count). The van der Waals surface area contributed by atoms with E-state index in [1.54, 1.807) is 13.8 Å². The minimum absolute atomic E-state index is 0.176. The van der Waals surface area contributed by atoms with Crippen LogP contribution in [0.15, 0.2) is 0 Å². The van der Waals surface area contributed by atoms with E-state index >= 15 is 0 Å². The van der Waals surface area contributed by atoms with Gasteiger partial charge in [-0.25, -0.2) is 0 Å². The van der Waals surface area contributed by atoms with Gasteiger partial charge in [-0.05, 0) is 53.4 Å². The van der Waals surface area contributed by atoms with Gasteiger partial charge in [-0.3, -0.25) is 9.59 Å². The van der Waals surface area contributed by atoms with Gasteiger partial charge in [0.1, 0.15) is 0 Å². The van der Waals surface area contributed by atoms with Gasteiger partial charge < -0.3 is 19.7 Å². The van der Waals surface area contributed by atoms with Gasteiger partial charge in [0.25, 0.3) is 0 Å². The third-order valence-electron chi connectivity index (χ3n) is 4.28. The summed E-state index contributed by atoms with van der Waals surface area (Å²) in [5.41, 5.74) is -0.815. The summed E-state index contributed by atoms with van der Waals surface area (Å²) in [6.07, 6.45) is 1.59. The van der Waals surface area contributed by atoms with Crippen molar-refractivity contribution >= 4 is 11.9 Å². The lowest BCUT2D eigenvalue weighted by molar-refractivity contribution is -0.167. The molecule has 2 aliphatic rings. The van der Waals surface area contributed by atoms with Crippen molar-refractivity contribution in [3.8, 4) is 0 Å². The Balaban J connectivity index is 0.000000220. The fraction of sp³-hybridized carbons (Fsp3) is 0.875. The standard InChI is InChI=1S/2C8H14O3/c2*1-3-11-7(10)8(2)4-6(9)5-8/h2*6,9H,3-5H2,1-2H3. The van der Waals surface area contributed by atoms with E-state index in [0.29, 0.717) is 38.9 Å². The summed E-state index contributed by atoms with van der Waals surface area (Å²) in [5, 5.41) is 18.0. The molecule has 0 unspecified atom stereocenters.